The maximum atomic E-state index is 5.45. The lowest BCUT2D eigenvalue weighted by Crippen LogP contribution is -2.10. The third-order valence-electron chi connectivity index (χ3n) is 2.40. The van der Waals surface area contributed by atoms with E-state index < -0.39 is 0 Å². The number of hydrogen-bond acceptors (Lipinski definition) is 6. The predicted octanol–water partition coefficient (Wildman–Crippen LogP) is 1.36. The molecule has 0 atom stereocenters. The molecule has 0 aliphatic carbocycles. The van der Waals surface area contributed by atoms with Crippen LogP contribution in [0.1, 0.15) is 19.8 Å². The Morgan fingerprint density at radius 3 is 3.11 bits per heavy atom. The van der Waals surface area contributed by atoms with Gasteiger partial charge in [0.2, 0.25) is 11.8 Å². The van der Waals surface area contributed by atoms with Gasteiger partial charge in [-0.2, -0.15) is 4.98 Å². The normalized spacial score (nSPS) is 10.4. The number of anilines is 1. The summed E-state index contributed by atoms with van der Waals surface area (Å²) in [4.78, 5) is 8.41. The summed E-state index contributed by atoms with van der Waals surface area (Å²) in [5, 5.41) is 10.8. The molecule has 2 aromatic heterocycles. The average Bonchev–Trinajstić information content (AvgIpc) is 2.95. The molecule has 19 heavy (non-hydrogen) atoms. The zero-order valence-electron chi connectivity index (χ0n) is 11.0. The number of rotatable bonds is 8. The number of hydrogen-bond donors (Lipinski definition) is 1. The molecule has 0 unspecified atom stereocenters. The van der Waals surface area contributed by atoms with Gasteiger partial charge in [0, 0.05) is 31.5 Å². The maximum Gasteiger partial charge on any atom is 0.225 e. The lowest BCUT2D eigenvalue weighted by molar-refractivity contribution is 0.305. The Labute approximate surface area is 112 Å². The molecule has 0 radical (unpaired) electrons. The highest BCUT2D eigenvalue weighted by atomic mass is 16.5. The van der Waals surface area contributed by atoms with Gasteiger partial charge in [0.15, 0.2) is 0 Å². The maximum absolute atomic E-state index is 5.45. The second-order valence-electron chi connectivity index (χ2n) is 4.01. The lowest BCUT2D eigenvalue weighted by atomic mass is 10.4. The van der Waals surface area contributed by atoms with E-state index in [2.05, 4.69) is 32.5 Å². The van der Waals surface area contributed by atoms with Gasteiger partial charge < -0.3 is 10.1 Å². The van der Waals surface area contributed by atoms with Crippen molar-refractivity contribution in [2.45, 2.75) is 26.3 Å². The van der Waals surface area contributed by atoms with Gasteiger partial charge in [-0.05, 0) is 12.8 Å². The van der Waals surface area contributed by atoms with Crippen LogP contribution in [0.5, 0.6) is 5.88 Å². The zero-order chi connectivity index (χ0) is 13.3. The second kappa shape index (κ2) is 7.30. The van der Waals surface area contributed by atoms with E-state index in [9.17, 15) is 0 Å². The number of aromatic nitrogens is 5. The van der Waals surface area contributed by atoms with Crippen LogP contribution in [-0.2, 0) is 6.54 Å². The summed E-state index contributed by atoms with van der Waals surface area (Å²) in [5.41, 5.74) is 0. The van der Waals surface area contributed by atoms with Crippen LogP contribution in [0.2, 0.25) is 0 Å². The van der Waals surface area contributed by atoms with Crippen LogP contribution in [0.25, 0.3) is 0 Å². The number of aryl methyl sites for hydroxylation is 1. The Bertz CT molecular complexity index is 473. The van der Waals surface area contributed by atoms with Crippen molar-refractivity contribution in [3.05, 3.63) is 24.7 Å². The van der Waals surface area contributed by atoms with Crippen LogP contribution < -0.4 is 10.1 Å². The highest BCUT2D eigenvalue weighted by Crippen LogP contribution is 2.08. The van der Waals surface area contributed by atoms with Crippen molar-refractivity contribution in [2.75, 3.05) is 18.5 Å². The van der Waals surface area contributed by atoms with E-state index in [0.717, 1.165) is 25.9 Å². The molecule has 2 heterocycles. The van der Waals surface area contributed by atoms with Crippen LogP contribution in [-0.4, -0.2) is 38.1 Å². The van der Waals surface area contributed by atoms with Crippen molar-refractivity contribution >= 4 is 5.95 Å². The van der Waals surface area contributed by atoms with Gasteiger partial charge in [0.05, 0.1) is 12.8 Å². The summed E-state index contributed by atoms with van der Waals surface area (Å²) < 4.78 is 7.24. The number of nitrogens with zero attached hydrogens (tertiary/aromatic N) is 5. The summed E-state index contributed by atoms with van der Waals surface area (Å²) in [5.74, 6) is 1.20. The molecule has 0 fully saturated rings. The molecule has 0 aliphatic heterocycles. The van der Waals surface area contributed by atoms with Gasteiger partial charge in [-0.1, -0.05) is 12.1 Å². The third-order valence-corrected chi connectivity index (χ3v) is 2.40. The quantitative estimate of drug-likeness (QED) is 0.724. The molecule has 0 bridgehead atoms. The molecule has 7 nitrogen and oxygen atoms in total. The highest BCUT2D eigenvalue weighted by Gasteiger charge is 1.99. The van der Waals surface area contributed by atoms with Crippen LogP contribution in [0.3, 0.4) is 0 Å². The molecule has 2 rings (SSSR count). The Kier molecular flexibility index (Phi) is 5.09. The first kappa shape index (κ1) is 13.3. The van der Waals surface area contributed by atoms with E-state index >= 15 is 0 Å². The van der Waals surface area contributed by atoms with Gasteiger partial charge >= 0.3 is 0 Å². The molecule has 0 aliphatic rings. The first-order chi connectivity index (χ1) is 9.38. The SMILES string of the molecule is CCCOc1ccnc(NCCCn2ccnn2)n1. The minimum atomic E-state index is 0.590. The summed E-state index contributed by atoms with van der Waals surface area (Å²) in [6, 6.07) is 1.76. The average molecular weight is 262 g/mol. The first-order valence-electron chi connectivity index (χ1n) is 6.42. The van der Waals surface area contributed by atoms with Gasteiger partial charge in [-0.3, -0.25) is 4.68 Å². The molecular weight excluding hydrogens is 244 g/mol. The fourth-order valence-electron chi connectivity index (χ4n) is 1.51. The molecule has 0 amide bonds. The van der Waals surface area contributed by atoms with E-state index in [1.807, 2.05) is 6.20 Å². The minimum Gasteiger partial charge on any atom is -0.478 e. The summed E-state index contributed by atoms with van der Waals surface area (Å²) >= 11 is 0. The largest absolute Gasteiger partial charge is 0.478 e. The second-order valence-corrected chi connectivity index (χ2v) is 4.01. The van der Waals surface area contributed by atoms with E-state index in [-0.39, 0.29) is 0 Å². The Morgan fingerprint density at radius 2 is 2.32 bits per heavy atom. The standard InChI is InChI=1S/C12H18N6O/c1-2-10-19-11-4-6-14-12(16-11)13-5-3-8-18-9-7-15-17-18/h4,6-7,9H,2-3,5,8,10H2,1H3,(H,13,14,16). The minimum absolute atomic E-state index is 0.590. The molecule has 1 N–H and O–H groups in total. The molecular formula is C12H18N6O. The fourth-order valence-corrected chi connectivity index (χ4v) is 1.51. The lowest BCUT2D eigenvalue weighted by Gasteiger charge is -2.07. The van der Waals surface area contributed by atoms with Gasteiger partial charge in [0.1, 0.15) is 0 Å². The van der Waals surface area contributed by atoms with Gasteiger partial charge in [0.25, 0.3) is 0 Å². The Morgan fingerprint density at radius 1 is 1.37 bits per heavy atom. The predicted molar refractivity (Wildman–Crippen MR) is 70.9 cm³/mol. The van der Waals surface area contributed by atoms with Crippen molar-refractivity contribution in [3.8, 4) is 5.88 Å². The van der Waals surface area contributed by atoms with E-state index in [4.69, 9.17) is 4.74 Å². The molecule has 2 aromatic rings. The van der Waals surface area contributed by atoms with Crippen molar-refractivity contribution in [1.82, 2.24) is 25.0 Å². The third kappa shape index (κ3) is 4.53. The van der Waals surface area contributed by atoms with Crippen LogP contribution >= 0.6 is 0 Å². The molecule has 0 aromatic carbocycles. The first-order valence-corrected chi connectivity index (χ1v) is 6.42. The number of ether oxygens (including phenoxy) is 1. The Balaban J connectivity index is 1.73. The van der Waals surface area contributed by atoms with Crippen molar-refractivity contribution in [3.63, 3.8) is 0 Å². The van der Waals surface area contributed by atoms with E-state index in [0.29, 0.717) is 18.4 Å². The number of nitrogens with one attached hydrogen (secondary N) is 1. The zero-order valence-corrected chi connectivity index (χ0v) is 11.0. The van der Waals surface area contributed by atoms with Gasteiger partial charge in [-0.25, -0.2) is 4.98 Å². The van der Waals surface area contributed by atoms with E-state index in [1.54, 1.807) is 23.1 Å². The molecule has 0 saturated heterocycles. The topological polar surface area (TPSA) is 77.8 Å². The van der Waals surface area contributed by atoms with Crippen molar-refractivity contribution in [1.29, 1.82) is 0 Å². The highest BCUT2D eigenvalue weighted by molar-refractivity contribution is 5.27. The fraction of sp³-hybridized carbons (Fsp3) is 0.500. The summed E-state index contributed by atoms with van der Waals surface area (Å²) in [6.45, 7) is 4.32. The molecule has 0 spiro atoms. The molecule has 102 valence electrons. The van der Waals surface area contributed by atoms with Crippen LogP contribution in [0.15, 0.2) is 24.7 Å². The van der Waals surface area contributed by atoms with Crippen LogP contribution in [0.4, 0.5) is 5.95 Å². The Hall–Kier alpha value is -2.18. The van der Waals surface area contributed by atoms with E-state index in [1.165, 1.54) is 0 Å². The van der Waals surface area contributed by atoms with Crippen molar-refractivity contribution in [2.24, 2.45) is 0 Å². The summed E-state index contributed by atoms with van der Waals surface area (Å²) in [7, 11) is 0. The smallest absolute Gasteiger partial charge is 0.225 e. The molecule has 0 saturated carbocycles. The molecule has 7 heteroatoms. The van der Waals surface area contributed by atoms with Gasteiger partial charge in [-0.15, -0.1) is 5.10 Å². The van der Waals surface area contributed by atoms with Crippen LogP contribution in [0, 0.1) is 0 Å². The summed E-state index contributed by atoms with van der Waals surface area (Å²) in [6.07, 6.45) is 7.09. The monoisotopic (exact) mass is 262 g/mol. The van der Waals surface area contributed by atoms with Crippen molar-refractivity contribution < 1.29 is 4.74 Å².